The van der Waals surface area contributed by atoms with E-state index in [0.717, 1.165) is 23.8 Å². The first-order chi connectivity index (χ1) is 9.70. The summed E-state index contributed by atoms with van der Waals surface area (Å²) >= 11 is 0. The van der Waals surface area contributed by atoms with Gasteiger partial charge in [0.05, 0.1) is 6.54 Å². The summed E-state index contributed by atoms with van der Waals surface area (Å²) in [6.07, 6.45) is 2.59. The first kappa shape index (κ1) is 13.3. The Morgan fingerprint density at radius 1 is 1.25 bits per heavy atom. The normalized spacial score (nSPS) is 14.5. The van der Waals surface area contributed by atoms with Crippen LogP contribution in [-0.2, 0) is 13.2 Å². The molecule has 0 unspecified atom stereocenters. The fraction of sp³-hybridized carbons (Fsp3) is 0.412. The fourth-order valence-corrected chi connectivity index (χ4v) is 2.22. The molecule has 1 heterocycles. The second kappa shape index (κ2) is 5.71. The average Bonchev–Trinajstić information content (AvgIpc) is 3.18. The second-order valence-corrected chi connectivity index (χ2v) is 5.58. The number of aryl methyl sites for hydroxylation is 2. The molecule has 1 fully saturated rings. The molecule has 0 spiro atoms. The SMILES string of the molecule is Cc1cccc(OCc2cc(C)c(CNC3CC3)o2)c1. The van der Waals surface area contributed by atoms with Crippen molar-refractivity contribution in [2.24, 2.45) is 0 Å². The lowest BCUT2D eigenvalue weighted by Crippen LogP contribution is -2.15. The van der Waals surface area contributed by atoms with Crippen LogP contribution in [0.2, 0.25) is 0 Å². The Kier molecular flexibility index (Phi) is 3.79. The molecule has 0 saturated heterocycles. The van der Waals surface area contributed by atoms with Crippen LogP contribution in [0.15, 0.2) is 34.7 Å². The van der Waals surface area contributed by atoms with Crippen molar-refractivity contribution in [1.29, 1.82) is 0 Å². The smallest absolute Gasteiger partial charge is 0.146 e. The van der Waals surface area contributed by atoms with Crippen LogP contribution in [0.25, 0.3) is 0 Å². The van der Waals surface area contributed by atoms with Crippen LogP contribution >= 0.6 is 0 Å². The number of nitrogens with one attached hydrogen (secondary N) is 1. The van der Waals surface area contributed by atoms with Crippen LogP contribution in [0.5, 0.6) is 5.75 Å². The largest absolute Gasteiger partial charge is 0.486 e. The van der Waals surface area contributed by atoms with E-state index < -0.39 is 0 Å². The maximum atomic E-state index is 5.86. The summed E-state index contributed by atoms with van der Waals surface area (Å²) in [5.41, 5.74) is 2.40. The van der Waals surface area contributed by atoms with Crippen LogP contribution in [0.3, 0.4) is 0 Å². The Morgan fingerprint density at radius 3 is 2.85 bits per heavy atom. The van der Waals surface area contributed by atoms with Crippen molar-refractivity contribution in [2.45, 2.75) is 45.9 Å². The van der Waals surface area contributed by atoms with Crippen molar-refractivity contribution in [3.8, 4) is 5.75 Å². The minimum Gasteiger partial charge on any atom is -0.486 e. The van der Waals surface area contributed by atoms with Gasteiger partial charge in [0, 0.05) is 6.04 Å². The molecular weight excluding hydrogens is 250 g/mol. The zero-order valence-corrected chi connectivity index (χ0v) is 12.1. The third-order valence-corrected chi connectivity index (χ3v) is 3.57. The van der Waals surface area contributed by atoms with Gasteiger partial charge in [-0.2, -0.15) is 0 Å². The molecular formula is C17H21NO2. The van der Waals surface area contributed by atoms with Crippen molar-refractivity contribution in [3.05, 3.63) is 53.0 Å². The first-order valence-electron chi connectivity index (χ1n) is 7.22. The minimum atomic E-state index is 0.480. The molecule has 2 aromatic rings. The van der Waals surface area contributed by atoms with Crippen molar-refractivity contribution < 1.29 is 9.15 Å². The summed E-state index contributed by atoms with van der Waals surface area (Å²) in [5, 5.41) is 3.47. The summed E-state index contributed by atoms with van der Waals surface area (Å²) in [6.45, 7) is 5.45. The Hall–Kier alpha value is -1.74. The van der Waals surface area contributed by atoms with Crippen LogP contribution in [0.1, 0.15) is 35.5 Å². The zero-order chi connectivity index (χ0) is 13.9. The molecule has 0 amide bonds. The van der Waals surface area contributed by atoms with Crippen molar-refractivity contribution >= 4 is 0 Å². The molecule has 1 aromatic carbocycles. The molecule has 0 aliphatic heterocycles. The van der Waals surface area contributed by atoms with Gasteiger partial charge < -0.3 is 14.5 Å². The number of furan rings is 1. The molecule has 106 valence electrons. The maximum absolute atomic E-state index is 5.86. The number of ether oxygens (including phenoxy) is 1. The van der Waals surface area contributed by atoms with E-state index in [2.05, 4.69) is 31.3 Å². The zero-order valence-electron chi connectivity index (χ0n) is 12.1. The molecule has 20 heavy (non-hydrogen) atoms. The quantitative estimate of drug-likeness (QED) is 0.869. The third-order valence-electron chi connectivity index (χ3n) is 3.57. The summed E-state index contributed by atoms with van der Waals surface area (Å²) in [4.78, 5) is 0. The Morgan fingerprint density at radius 2 is 2.10 bits per heavy atom. The highest BCUT2D eigenvalue weighted by atomic mass is 16.5. The monoisotopic (exact) mass is 271 g/mol. The third kappa shape index (κ3) is 3.42. The van der Waals surface area contributed by atoms with Crippen molar-refractivity contribution in [2.75, 3.05) is 0 Å². The van der Waals surface area contributed by atoms with Gasteiger partial charge in [-0.05, 0) is 56.0 Å². The predicted molar refractivity (Wildman–Crippen MR) is 78.8 cm³/mol. The second-order valence-electron chi connectivity index (χ2n) is 5.58. The molecule has 1 aromatic heterocycles. The standard InChI is InChI=1S/C17H21NO2/c1-12-4-3-5-15(8-12)19-11-16-9-13(2)17(20-16)10-18-14-6-7-14/h3-5,8-9,14,18H,6-7,10-11H2,1-2H3. The molecule has 0 radical (unpaired) electrons. The van der Waals surface area contributed by atoms with Gasteiger partial charge in [-0.3, -0.25) is 0 Å². The molecule has 0 atom stereocenters. The molecule has 3 nitrogen and oxygen atoms in total. The number of hydrogen-bond donors (Lipinski definition) is 1. The lowest BCUT2D eigenvalue weighted by Gasteiger charge is -2.05. The van der Waals surface area contributed by atoms with Crippen LogP contribution in [0, 0.1) is 13.8 Å². The van der Waals surface area contributed by atoms with E-state index >= 15 is 0 Å². The lowest BCUT2D eigenvalue weighted by atomic mass is 10.2. The molecule has 1 aliphatic rings. The van der Waals surface area contributed by atoms with Gasteiger partial charge in [-0.1, -0.05) is 12.1 Å². The van der Waals surface area contributed by atoms with Crippen LogP contribution in [0.4, 0.5) is 0 Å². The Labute approximate surface area is 119 Å². The van der Waals surface area contributed by atoms with Crippen LogP contribution < -0.4 is 10.1 Å². The van der Waals surface area contributed by atoms with Gasteiger partial charge in [-0.15, -0.1) is 0 Å². The van der Waals surface area contributed by atoms with E-state index in [0.29, 0.717) is 12.6 Å². The van der Waals surface area contributed by atoms with Gasteiger partial charge in [0.1, 0.15) is 23.9 Å². The van der Waals surface area contributed by atoms with E-state index in [-0.39, 0.29) is 0 Å². The fourth-order valence-electron chi connectivity index (χ4n) is 2.22. The Bertz CT molecular complexity index is 584. The Balaban J connectivity index is 1.58. The molecule has 1 N–H and O–H groups in total. The van der Waals surface area contributed by atoms with Gasteiger partial charge in [0.15, 0.2) is 0 Å². The summed E-state index contributed by atoms with van der Waals surface area (Å²) in [7, 11) is 0. The molecule has 1 aliphatic carbocycles. The van der Waals surface area contributed by atoms with E-state index in [1.165, 1.54) is 24.0 Å². The lowest BCUT2D eigenvalue weighted by molar-refractivity contribution is 0.265. The van der Waals surface area contributed by atoms with E-state index in [1.807, 2.05) is 18.2 Å². The van der Waals surface area contributed by atoms with Gasteiger partial charge >= 0.3 is 0 Å². The number of benzene rings is 1. The minimum absolute atomic E-state index is 0.480. The molecule has 3 heteroatoms. The first-order valence-corrected chi connectivity index (χ1v) is 7.22. The molecule has 0 bridgehead atoms. The van der Waals surface area contributed by atoms with E-state index in [9.17, 15) is 0 Å². The average molecular weight is 271 g/mol. The number of rotatable bonds is 6. The summed E-state index contributed by atoms with van der Waals surface area (Å²) in [5.74, 6) is 2.80. The van der Waals surface area contributed by atoms with E-state index in [1.54, 1.807) is 0 Å². The van der Waals surface area contributed by atoms with Crippen molar-refractivity contribution in [1.82, 2.24) is 5.32 Å². The van der Waals surface area contributed by atoms with Gasteiger partial charge in [-0.25, -0.2) is 0 Å². The van der Waals surface area contributed by atoms with Crippen LogP contribution in [-0.4, -0.2) is 6.04 Å². The molecule has 1 saturated carbocycles. The number of hydrogen-bond acceptors (Lipinski definition) is 3. The highest BCUT2D eigenvalue weighted by molar-refractivity contribution is 5.28. The predicted octanol–water partition coefficient (Wildman–Crippen LogP) is 3.73. The van der Waals surface area contributed by atoms with Crippen molar-refractivity contribution in [3.63, 3.8) is 0 Å². The highest BCUT2D eigenvalue weighted by Crippen LogP contribution is 2.22. The topological polar surface area (TPSA) is 34.4 Å². The summed E-state index contributed by atoms with van der Waals surface area (Å²) in [6, 6.07) is 10.8. The maximum Gasteiger partial charge on any atom is 0.146 e. The van der Waals surface area contributed by atoms with E-state index in [4.69, 9.17) is 9.15 Å². The highest BCUT2D eigenvalue weighted by Gasteiger charge is 2.21. The van der Waals surface area contributed by atoms with Gasteiger partial charge in [0.2, 0.25) is 0 Å². The summed E-state index contributed by atoms with van der Waals surface area (Å²) < 4.78 is 11.6. The molecule has 3 rings (SSSR count). The van der Waals surface area contributed by atoms with Gasteiger partial charge in [0.25, 0.3) is 0 Å².